The van der Waals surface area contributed by atoms with E-state index in [4.69, 9.17) is 13.9 Å². The van der Waals surface area contributed by atoms with Gasteiger partial charge in [0.05, 0.1) is 6.61 Å². The molecular weight excluding hydrogens is 376 g/mol. The third-order valence-corrected chi connectivity index (χ3v) is 5.07. The molecule has 4 nitrogen and oxygen atoms in total. The second-order valence-corrected chi connectivity index (χ2v) is 7.27. The molecule has 4 heteroatoms. The van der Waals surface area contributed by atoms with Gasteiger partial charge in [0.2, 0.25) is 0 Å². The molecule has 0 aliphatic rings. The van der Waals surface area contributed by atoms with Crippen molar-refractivity contribution in [1.82, 2.24) is 0 Å². The minimum absolute atomic E-state index is 0.294. The highest BCUT2D eigenvalue weighted by molar-refractivity contribution is 6.09. The van der Waals surface area contributed by atoms with Crippen LogP contribution in [0.25, 0.3) is 22.3 Å². The Bertz CT molecular complexity index is 1190. The Balaban J connectivity index is 1.73. The number of carbonyl (C=O) groups excluding carboxylic acids is 1. The first kappa shape index (κ1) is 19.8. The van der Waals surface area contributed by atoms with Crippen molar-refractivity contribution in [2.45, 2.75) is 27.4 Å². The first-order valence-electron chi connectivity index (χ1n) is 10.0. The molecule has 0 saturated carbocycles. The van der Waals surface area contributed by atoms with E-state index in [2.05, 4.69) is 32.0 Å². The number of hydrogen-bond acceptors (Lipinski definition) is 4. The van der Waals surface area contributed by atoms with Crippen LogP contribution in [0.4, 0.5) is 0 Å². The number of furan rings is 1. The van der Waals surface area contributed by atoms with Gasteiger partial charge >= 0.3 is 5.97 Å². The van der Waals surface area contributed by atoms with Crippen LogP contribution in [0.1, 0.15) is 34.0 Å². The van der Waals surface area contributed by atoms with E-state index >= 15 is 0 Å². The lowest BCUT2D eigenvalue weighted by Gasteiger charge is -2.10. The Labute approximate surface area is 176 Å². The number of benzene rings is 3. The van der Waals surface area contributed by atoms with Crippen molar-refractivity contribution in [3.8, 4) is 17.1 Å². The molecule has 1 heterocycles. The van der Waals surface area contributed by atoms with Gasteiger partial charge in [-0.3, -0.25) is 0 Å². The van der Waals surface area contributed by atoms with Crippen LogP contribution in [0.15, 0.2) is 71.1 Å². The van der Waals surface area contributed by atoms with Gasteiger partial charge < -0.3 is 13.9 Å². The van der Waals surface area contributed by atoms with E-state index in [1.165, 1.54) is 11.1 Å². The first-order valence-corrected chi connectivity index (χ1v) is 10.0. The van der Waals surface area contributed by atoms with Crippen LogP contribution in [0.3, 0.4) is 0 Å². The molecular formula is C26H24O4. The van der Waals surface area contributed by atoms with E-state index in [9.17, 15) is 4.79 Å². The van der Waals surface area contributed by atoms with Gasteiger partial charge in [0.1, 0.15) is 29.3 Å². The summed E-state index contributed by atoms with van der Waals surface area (Å²) in [5.74, 6) is 0.784. The highest BCUT2D eigenvalue weighted by Gasteiger charge is 2.23. The monoisotopic (exact) mass is 400 g/mol. The number of rotatable bonds is 6. The zero-order valence-corrected chi connectivity index (χ0v) is 17.4. The number of esters is 1. The number of aryl methyl sites for hydroxylation is 2. The smallest absolute Gasteiger partial charge is 0.342 e. The van der Waals surface area contributed by atoms with Crippen molar-refractivity contribution in [1.29, 1.82) is 0 Å². The summed E-state index contributed by atoms with van der Waals surface area (Å²) in [6.07, 6.45) is 0. The summed E-state index contributed by atoms with van der Waals surface area (Å²) in [7, 11) is 0. The quantitative estimate of drug-likeness (QED) is 0.348. The van der Waals surface area contributed by atoms with E-state index in [0.717, 1.165) is 11.1 Å². The van der Waals surface area contributed by atoms with Crippen molar-refractivity contribution in [2.24, 2.45) is 0 Å². The van der Waals surface area contributed by atoms with Gasteiger partial charge in [-0.15, -0.1) is 0 Å². The molecule has 1 aromatic heterocycles. The molecule has 30 heavy (non-hydrogen) atoms. The molecule has 0 fully saturated rings. The Kier molecular flexibility index (Phi) is 5.57. The number of fused-ring (bicyclic) bond motifs is 1. The second kappa shape index (κ2) is 8.46. The zero-order valence-electron chi connectivity index (χ0n) is 17.4. The maximum absolute atomic E-state index is 12.8. The highest BCUT2D eigenvalue weighted by atomic mass is 16.5. The van der Waals surface area contributed by atoms with Crippen molar-refractivity contribution >= 4 is 16.9 Å². The predicted octanol–water partition coefficient (Wildman–Crippen LogP) is 6.47. The van der Waals surface area contributed by atoms with E-state index in [-0.39, 0.29) is 0 Å². The lowest BCUT2D eigenvalue weighted by molar-refractivity contribution is 0.0528. The average molecular weight is 400 g/mol. The Morgan fingerprint density at radius 2 is 1.77 bits per heavy atom. The molecule has 4 aromatic rings. The molecule has 152 valence electrons. The predicted molar refractivity (Wildman–Crippen MR) is 118 cm³/mol. The van der Waals surface area contributed by atoms with Crippen molar-refractivity contribution < 1.29 is 18.7 Å². The van der Waals surface area contributed by atoms with Crippen LogP contribution in [0, 0.1) is 13.8 Å². The molecule has 0 unspecified atom stereocenters. The summed E-state index contributed by atoms with van der Waals surface area (Å²) in [6, 6.07) is 21.4. The van der Waals surface area contributed by atoms with Crippen molar-refractivity contribution in [3.05, 3.63) is 89.0 Å². The van der Waals surface area contributed by atoms with E-state index < -0.39 is 5.97 Å². The van der Waals surface area contributed by atoms with Crippen molar-refractivity contribution in [2.75, 3.05) is 6.61 Å². The van der Waals surface area contributed by atoms with Crippen LogP contribution in [-0.4, -0.2) is 12.6 Å². The Hall–Kier alpha value is -3.53. The molecule has 0 bridgehead atoms. The summed E-state index contributed by atoms with van der Waals surface area (Å²) in [5.41, 5.74) is 5.39. The summed E-state index contributed by atoms with van der Waals surface area (Å²) in [4.78, 5) is 12.8. The molecule has 0 N–H and O–H groups in total. The number of hydrogen-bond donors (Lipinski definition) is 0. The Morgan fingerprint density at radius 1 is 0.967 bits per heavy atom. The molecule has 4 rings (SSSR count). The Morgan fingerprint density at radius 3 is 2.53 bits per heavy atom. The molecule has 0 amide bonds. The molecule has 0 aliphatic carbocycles. The number of carbonyl (C=O) groups is 1. The largest absolute Gasteiger partial charge is 0.489 e. The van der Waals surface area contributed by atoms with Gasteiger partial charge in [-0.1, -0.05) is 54.1 Å². The third kappa shape index (κ3) is 3.94. The maximum atomic E-state index is 12.8. The minimum atomic E-state index is -0.401. The average Bonchev–Trinajstić information content (AvgIpc) is 3.14. The molecule has 0 aliphatic heterocycles. The van der Waals surface area contributed by atoms with Crippen LogP contribution >= 0.6 is 0 Å². The molecule has 0 spiro atoms. The van der Waals surface area contributed by atoms with E-state index in [1.807, 2.05) is 48.5 Å². The van der Waals surface area contributed by atoms with Gasteiger partial charge in [-0.05, 0) is 50.1 Å². The zero-order chi connectivity index (χ0) is 21.1. The topological polar surface area (TPSA) is 48.7 Å². The lowest BCUT2D eigenvalue weighted by atomic mass is 10.1. The van der Waals surface area contributed by atoms with E-state index in [0.29, 0.717) is 41.3 Å². The molecule has 3 aromatic carbocycles. The first-order chi connectivity index (χ1) is 14.6. The summed E-state index contributed by atoms with van der Waals surface area (Å²) in [6.45, 7) is 6.68. The van der Waals surface area contributed by atoms with Gasteiger partial charge in [-0.2, -0.15) is 0 Å². The standard InChI is InChI=1S/C26H24O4/c1-4-28-26(27)24-22-15-21(29-16-20-14-17(2)10-11-18(20)3)12-13-23(22)30-25(24)19-8-6-5-7-9-19/h5-15H,4,16H2,1-3H3. The van der Waals surface area contributed by atoms with Gasteiger partial charge in [0, 0.05) is 10.9 Å². The van der Waals surface area contributed by atoms with Gasteiger partial charge in [0.25, 0.3) is 0 Å². The van der Waals surface area contributed by atoms with Crippen LogP contribution in [0.5, 0.6) is 5.75 Å². The molecule has 0 saturated heterocycles. The van der Waals surface area contributed by atoms with Crippen LogP contribution in [-0.2, 0) is 11.3 Å². The van der Waals surface area contributed by atoms with Gasteiger partial charge in [-0.25, -0.2) is 4.79 Å². The van der Waals surface area contributed by atoms with Crippen molar-refractivity contribution in [3.63, 3.8) is 0 Å². The summed E-state index contributed by atoms with van der Waals surface area (Å²) >= 11 is 0. The summed E-state index contributed by atoms with van der Waals surface area (Å²) in [5, 5.41) is 0.686. The molecule has 0 atom stereocenters. The normalized spacial score (nSPS) is 10.9. The number of ether oxygens (including phenoxy) is 2. The van der Waals surface area contributed by atoms with Crippen LogP contribution in [0.2, 0.25) is 0 Å². The third-order valence-electron chi connectivity index (χ3n) is 5.07. The van der Waals surface area contributed by atoms with Gasteiger partial charge in [0.15, 0.2) is 0 Å². The molecule has 0 radical (unpaired) electrons. The maximum Gasteiger partial charge on any atom is 0.342 e. The highest BCUT2D eigenvalue weighted by Crippen LogP contribution is 2.36. The fourth-order valence-electron chi connectivity index (χ4n) is 3.48. The van der Waals surface area contributed by atoms with Crippen LogP contribution < -0.4 is 4.74 Å². The lowest BCUT2D eigenvalue weighted by Crippen LogP contribution is -2.05. The minimum Gasteiger partial charge on any atom is -0.489 e. The van der Waals surface area contributed by atoms with E-state index in [1.54, 1.807) is 6.92 Å². The fraction of sp³-hybridized carbons (Fsp3) is 0.192. The SMILES string of the molecule is CCOC(=O)c1c(-c2ccccc2)oc2ccc(OCc3cc(C)ccc3C)cc12. The fourth-order valence-corrected chi connectivity index (χ4v) is 3.48. The second-order valence-electron chi connectivity index (χ2n) is 7.27. The summed E-state index contributed by atoms with van der Waals surface area (Å²) < 4.78 is 17.4.